The van der Waals surface area contributed by atoms with Gasteiger partial charge in [0.2, 0.25) is 12.7 Å². The molecule has 134 valence electrons. The molecule has 1 unspecified atom stereocenters. The molecular weight excluding hydrogens is 330 g/mol. The number of hydrogen-bond acceptors (Lipinski definition) is 4. The molecule has 1 heterocycles. The van der Waals surface area contributed by atoms with Gasteiger partial charge in [-0.15, -0.1) is 0 Å². The number of ether oxygens (including phenoxy) is 2. The molecule has 0 saturated carbocycles. The molecule has 1 amide bonds. The summed E-state index contributed by atoms with van der Waals surface area (Å²) in [6.45, 7) is 0.469. The Hall–Kier alpha value is -2.79. The Balaban J connectivity index is 1.34. The Bertz CT molecular complexity index is 861. The summed E-state index contributed by atoms with van der Waals surface area (Å²) in [5.41, 5.74) is 2.41. The van der Waals surface area contributed by atoms with Gasteiger partial charge in [-0.25, -0.2) is 0 Å². The summed E-state index contributed by atoms with van der Waals surface area (Å²) in [7, 11) is 0. The zero-order chi connectivity index (χ0) is 18.0. The van der Waals surface area contributed by atoms with Crippen LogP contribution in [0.4, 0.5) is 0 Å². The minimum atomic E-state index is -0.892. The van der Waals surface area contributed by atoms with Crippen LogP contribution in [-0.4, -0.2) is 30.0 Å². The van der Waals surface area contributed by atoms with Gasteiger partial charge in [0, 0.05) is 19.0 Å². The number of rotatable bonds is 4. The van der Waals surface area contributed by atoms with E-state index in [2.05, 4.69) is 11.4 Å². The first-order valence-corrected chi connectivity index (χ1v) is 8.76. The van der Waals surface area contributed by atoms with Crippen LogP contribution in [0.15, 0.2) is 48.5 Å². The average molecular weight is 351 g/mol. The molecule has 0 spiro atoms. The van der Waals surface area contributed by atoms with Gasteiger partial charge in [-0.05, 0) is 47.7 Å². The van der Waals surface area contributed by atoms with E-state index in [4.69, 9.17) is 9.47 Å². The van der Waals surface area contributed by atoms with Crippen molar-refractivity contribution < 1.29 is 19.4 Å². The summed E-state index contributed by atoms with van der Waals surface area (Å²) in [5, 5.41) is 13.6. The number of aliphatic hydroxyl groups is 1. The van der Waals surface area contributed by atoms with Crippen molar-refractivity contribution in [2.45, 2.75) is 24.9 Å². The van der Waals surface area contributed by atoms with E-state index in [0.717, 1.165) is 17.5 Å². The number of carbonyl (C=O) groups excluding carboxylic acids is 1. The predicted octanol–water partition coefficient (Wildman–Crippen LogP) is 2.46. The van der Waals surface area contributed by atoms with Crippen molar-refractivity contribution in [3.8, 4) is 11.5 Å². The largest absolute Gasteiger partial charge is 0.454 e. The Morgan fingerprint density at radius 3 is 2.85 bits per heavy atom. The summed E-state index contributed by atoms with van der Waals surface area (Å²) >= 11 is 0. The predicted molar refractivity (Wildman–Crippen MR) is 98.0 cm³/mol. The normalized spacial score (nSPS) is 20.8. The molecule has 0 aromatic heterocycles. The molecule has 2 aliphatic rings. The fraction of sp³-hybridized carbons (Fsp3) is 0.286. The van der Waals surface area contributed by atoms with Gasteiger partial charge in [-0.3, -0.25) is 4.79 Å². The number of amides is 1. The van der Waals surface area contributed by atoms with Crippen LogP contribution in [-0.2, 0) is 17.6 Å². The minimum absolute atomic E-state index is 0.227. The smallest absolute Gasteiger partial charge is 0.244 e. The molecule has 0 saturated heterocycles. The van der Waals surface area contributed by atoms with Crippen molar-refractivity contribution in [1.82, 2.24) is 5.32 Å². The zero-order valence-electron chi connectivity index (χ0n) is 14.4. The fourth-order valence-electron chi connectivity index (χ4n) is 3.43. The molecule has 1 atom stereocenters. The molecule has 0 bridgehead atoms. The van der Waals surface area contributed by atoms with E-state index >= 15 is 0 Å². The maximum Gasteiger partial charge on any atom is 0.244 e. The van der Waals surface area contributed by atoms with E-state index in [0.29, 0.717) is 24.3 Å². The third kappa shape index (κ3) is 3.58. The summed E-state index contributed by atoms with van der Waals surface area (Å²) < 4.78 is 10.6. The van der Waals surface area contributed by atoms with E-state index in [1.54, 1.807) is 6.08 Å². The molecule has 1 aliphatic carbocycles. The number of carbonyl (C=O) groups is 1. The van der Waals surface area contributed by atoms with Gasteiger partial charge < -0.3 is 19.9 Å². The number of nitrogens with one attached hydrogen (secondary N) is 1. The quantitative estimate of drug-likeness (QED) is 0.831. The lowest BCUT2D eigenvalue weighted by molar-refractivity contribution is -0.117. The van der Waals surface area contributed by atoms with Crippen LogP contribution in [0.5, 0.6) is 11.5 Å². The van der Waals surface area contributed by atoms with Crippen LogP contribution in [0.25, 0.3) is 6.08 Å². The monoisotopic (exact) mass is 351 g/mol. The number of aryl methyl sites for hydroxylation is 1. The van der Waals surface area contributed by atoms with Gasteiger partial charge in [0.25, 0.3) is 0 Å². The maximum atomic E-state index is 12.1. The standard InChI is InChI=1S/C21H21NO4/c23-20(8-6-15-5-7-18-19(11-15)26-14-25-18)22-13-21(24)10-9-16-3-1-2-4-17(16)12-21/h1-8,11,24H,9-10,12-14H2,(H,22,23). The second kappa shape index (κ2) is 6.84. The van der Waals surface area contributed by atoms with E-state index < -0.39 is 5.60 Å². The van der Waals surface area contributed by atoms with Crippen molar-refractivity contribution >= 4 is 12.0 Å². The molecule has 2 aromatic carbocycles. The third-order valence-electron chi connectivity index (χ3n) is 4.91. The lowest BCUT2D eigenvalue weighted by atomic mass is 9.80. The SMILES string of the molecule is O=C(C=Cc1ccc2c(c1)OCO2)NCC1(O)CCc2ccccc2C1. The Morgan fingerprint density at radius 1 is 1.15 bits per heavy atom. The first-order chi connectivity index (χ1) is 12.6. The minimum Gasteiger partial charge on any atom is -0.454 e. The highest BCUT2D eigenvalue weighted by molar-refractivity contribution is 5.91. The van der Waals surface area contributed by atoms with Crippen molar-refractivity contribution in [2.24, 2.45) is 0 Å². The summed E-state index contributed by atoms with van der Waals surface area (Å²) in [6, 6.07) is 13.7. The van der Waals surface area contributed by atoms with Crippen LogP contribution in [0, 0.1) is 0 Å². The van der Waals surface area contributed by atoms with Gasteiger partial charge in [0.05, 0.1) is 5.60 Å². The second-order valence-corrected chi connectivity index (χ2v) is 6.83. The van der Waals surface area contributed by atoms with E-state index in [-0.39, 0.29) is 19.2 Å². The first kappa shape index (κ1) is 16.7. The molecule has 5 heteroatoms. The van der Waals surface area contributed by atoms with Crippen molar-refractivity contribution in [3.63, 3.8) is 0 Å². The number of fused-ring (bicyclic) bond motifs is 2. The highest BCUT2D eigenvalue weighted by Crippen LogP contribution is 2.32. The van der Waals surface area contributed by atoms with Crippen LogP contribution >= 0.6 is 0 Å². The number of hydrogen-bond donors (Lipinski definition) is 2. The highest BCUT2D eigenvalue weighted by Gasteiger charge is 2.32. The second-order valence-electron chi connectivity index (χ2n) is 6.83. The zero-order valence-corrected chi connectivity index (χ0v) is 14.4. The summed E-state index contributed by atoms with van der Waals surface area (Å²) in [5.74, 6) is 1.17. The van der Waals surface area contributed by atoms with Gasteiger partial charge >= 0.3 is 0 Å². The molecule has 26 heavy (non-hydrogen) atoms. The van der Waals surface area contributed by atoms with Gasteiger partial charge in [-0.2, -0.15) is 0 Å². The van der Waals surface area contributed by atoms with Crippen LogP contribution in [0.1, 0.15) is 23.1 Å². The molecule has 1 aliphatic heterocycles. The maximum absolute atomic E-state index is 12.1. The lowest BCUT2D eigenvalue weighted by Gasteiger charge is -2.33. The van der Waals surface area contributed by atoms with Crippen LogP contribution in [0.3, 0.4) is 0 Å². The molecular formula is C21H21NO4. The summed E-state index contributed by atoms with van der Waals surface area (Å²) in [4.78, 5) is 12.1. The van der Waals surface area contributed by atoms with E-state index in [1.165, 1.54) is 11.6 Å². The van der Waals surface area contributed by atoms with Crippen LogP contribution in [0.2, 0.25) is 0 Å². The highest BCUT2D eigenvalue weighted by atomic mass is 16.7. The molecule has 4 rings (SSSR count). The van der Waals surface area contributed by atoms with Gasteiger partial charge in [0.1, 0.15) is 0 Å². The van der Waals surface area contributed by atoms with Crippen molar-refractivity contribution in [3.05, 3.63) is 65.2 Å². The van der Waals surface area contributed by atoms with Crippen molar-refractivity contribution in [2.75, 3.05) is 13.3 Å². The lowest BCUT2D eigenvalue weighted by Crippen LogP contribution is -2.46. The average Bonchev–Trinajstić information content (AvgIpc) is 3.12. The fourth-order valence-corrected chi connectivity index (χ4v) is 3.43. The first-order valence-electron chi connectivity index (χ1n) is 8.76. The number of benzene rings is 2. The Labute approximate surface area is 152 Å². The molecule has 0 radical (unpaired) electrons. The molecule has 2 N–H and O–H groups in total. The molecule has 0 fully saturated rings. The topological polar surface area (TPSA) is 67.8 Å². The van der Waals surface area contributed by atoms with Gasteiger partial charge in [-0.1, -0.05) is 30.3 Å². The van der Waals surface area contributed by atoms with E-state index in [1.807, 2.05) is 36.4 Å². The Kier molecular flexibility index (Phi) is 4.39. The third-order valence-corrected chi connectivity index (χ3v) is 4.91. The van der Waals surface area contributed by atoms with Gasteiger partial charge in [0.15, 0.2) is 11.5 Å². The van der Waals surface area contributed by atoms with Crippen LogP contribution < -0.4 is 14.8 Å². The van der Waals surface area contributed by atoms with E-state index in [9.17, 15) is 9.90 Å². The molecule has 5 nitrogen and oxygen atoms in total. The van der Waals surface area contributed by atoms with Crippen molar-refractivity contribution in [1.29, 1.82) is 0 Å². The molecule has 2 aromatic rings. The Morgan fingerprint density at radius 2 is 1.96 bits per heavy atom. The summed E-state index contributed by atoms with van der Waals surface area (Å²) in [6.07, 6.45) is 5.23.